The van der Waals surface area contributed by atoms with Crippen LogP contribution >= 0.6 is 0 Å². The molecule has 12 heteroatoms. The zero-order chi connectivity index (χ0) is 30.9. The normalized spacial score (nSPS) is 13.7. The fourth-order valence-corrected chi connectivity index (χ4v) is 5.85. The summed E-state index contributed by atoms with van der Waals surface area (Å²) in [5.74, 6) is 0.285. The Bertz CT molecular complexity index is 2010. The summed E-state index contributed by atoms with van der Waals surface area (Å²) >= 11 is 0. The van der Waals surface area contributed by atoms with Crippen LogP contribution in [0.2, 0.25) is 0 Å². The number of nitrogens with zero attached hydrogens (tertiary/aromatic N) is 6. The van der Waals surface area contributed by atoms with Crippen molar-refractivity contribution in [3.63, 3.8) is 0 Å². The number of pyridine rings is 3. The molecule has 7 rings (SSSR count). The van der Waals surface area contributed by atoms with Crippen LogP contribution in [0.4, 0.5) is 15.8 Å². The topological polar surface area (TPSA) is 140 Å². The molecule has 0 aliphatic heterocycles. The van der Waals surface area contributed by atoms with E-state index in [1.807, 2.05) is 38.4 Å². The minimum Gasteiger partial charge on any atom is -0.384 e. The first-order valence-corrected chi connectivity index (χ1v) is 15.1. The molecule has 1 aliphatic rings. The van der Waals surface area contributed by atoms with Gasteiger partial charge in [0.05, 0.1) is 40.5 Å². The lowest BCUT2D eigenvalue weighted by Crippen LogP contribution is -2.20. The summed E-state index contributed by atoms with van der Waals surface area (Å²) in [6, 6.07) is 10.5. The number of hydrogen-bond acceptors (Lipinski definition) is 8. The maximum atomic E-state index is 14.7. The van der Waals surface area contributed by atoms with Crippen molar-refractivity contribution in [1.29, 1.82) is 0 Å². The lowest BCUT2D eigenvalue weighted by Gasteiger charge is -2.12. The molecule has 0 atom stereocenters. The van der Waals surface area contributed by atoms with Gasteiger partial charge in [-0.05, 0) is 63.3 Å². The Morgan fingerprint density at radius 2 is 1.82 bits per heavy atom. The number of aromatic nitrogens is 7. The van der Waals surface area contributed by atoms with Gasteiger partial charge in [-0.25, -0.2) is 9.37 Å². The standard InChI is InChI=1S/C33H33FN10O/c1-44(2)10-9-36-23-12-20(11-22(34)14-23)29-31-26(7-8-37-29)40-32(41-31)30-25-15-27(38-18-28(25)42-43-30)21-13-24(17-35-16-21)39-33(45)19-5-3-4-6-19/h7-8,11-19,36H,3-6,9-10H2,1-2H3,(H,39,45)(H,40,41)(H,42,43). The zero-order valence-corrected chi connectivity index (χ0v) is 25.1. The summed E-state index contributed by atoms with van der Waals surface area (Å²) < 4.78 is 14.7. The van der Waals surface area contributed by atoms with Gasteiger partial charge < -0.3 is 20.5 Å². The third-order valence-corrected chi connectivity index (χ3v) is 8.16. The van der Waals surface area contributed by atoms with Crippen molar-refractivity contribution < 1.29 is 9.18 Å². The number of anilines is 2. The van der Waals surface area contributed by atoms with Crippen LogP contribution in [0.5, 0.6) is 0 Å². The van der Waals surface area contributed by atoms with E-state index >= 15 is 0 Å². The van der Waals surface area contributed by atoms with Crippen LogP contribution in [-0.4, -0.2) is 73.1 Å². The molecule has 228 valence electrons. The number of fused-ring (bicyclic) bond motifs is 2. The predicted molar refractivity (Wildman–Crippen MR) is 173 cm³/mol. The molecule has 0 saturated heterocycles. The minimum absolute atomic E-state index is 0.0424. The van der Waals surface area contributed by atoms with Gasteiger partial charge in [0.25, 0.3) is 0 Å². The summed E-state index contributed by atoms with van der Waals surface area (Å²) in [4.78, 5) is 36.5. The van der Waals surface area contributed by atoms with Crippen molar-refractivity contribution in [2.45, 2.75) is 25.7 Å². The number of hydrogen-bond donors (Lipinski definition) is 4. The van der Waals surface area contributed by atoms with E-state index in [-0.39, 0.29) is 17.6 Å². The first-order valence-electron chi connectivity index (χ1n) is 15.1. The first kappa shape index (κ1) is 28.5. The van der Waals surface area contributed by atoms with Crippen LogP contribution in [0.15, 0.2) is 61.2 Å². The van der Waals surface area contributed by atoms with Crippen molar-refractivity contribution >= 4 is 39.2 Å². The number of benzene rings is 1. The van der Waals surface area contributed by atoms with Crippen LogP contribution in [0.3, 0.4) is 0 Å². The maximum Gasteiger partial charge on any atom is 0.227 e. The summed E-state index contributed by atoms with van der Waals surface area (Å²) in [5.41, 5.74) is 6.67. The molecule has 0 bridgehead atoms. The molecule has 0 spiro atoms. The molecule has 1 amide bonds. The second-order valence-electron chi connectivity index (χ2n) is 11.7. The monoisotopic (exact) mass is 604 g/mol. The van der Waals surface area contributed by atoms with E-state index < -0.39 is 0 Å². The number of likely N-dealkylation sites (N-methyl/N-ethyl adjacent to an activating group) is 1. The fourth-order valence-electron chi connectivity index (χ4n) is 5.85. The molecule has 6 aromatic rings. The highest BCUT2D eigenvalue weighted by Gasteiger charge is 2.23. The molecule has 0 radical (unpaired) electrons. The number of H-pyrrole nitrogens is 2. The number of aromatic amines is 2. The number of imidazole rings is 1. The zero-order valence-electron chi connectivity index (χ0n) is 25.1. The van der Waals surface area contributed by atoms with E-state index in [1.165, 1.54) is 12.1 Å². The van der Waals surface area contributed by atoms with Crippen LogP contribution in [0, 0.1) is 11.7 Å². The van der Waals surface area contributed by atoms with Gasteiger partial charge in [0.2, 0.25) is 5.91 Å². The molecule has 4 N–H and O–H groups in total. The smallest absolute Gasteiger partial charge is 0.227 e. The summed E-state index contributed by atoms with van der Waals surface area (Å²) in [5, 5.41) is 14.7. The Labute approximate surface area is 258 Å². The predicted octanol–water partition coefficient (Wildman–Crippen LogP) is 5.87. The second kappa shape index (κ2) is 12.0. The van der Waals surface area contributed by atoms with Crippen LogP contribution in [0.25, 0.3) is 56.0 Å². The highest BCUT2D eigenvalue weighted by molar-refractivity contribution is 5.97. The molecular formula is C33H33FN10O. The van der Waals surface area contributed by atoms with Gasteiger partial charge in [0, 0.05) is 53.6 Å². The molecule has 1 aliphatic carbocycles. The van der Waals surface area contributed by atoms with E-state index in [2.05, 4.69) is 45.7 Å². The van der Waals surface area contributed by atoms with E-state index in [0.29, 0.717) is 51.9 Å². The Morgan fingerprint density at radius 3 is 2.67 bits per heavy atom. The average molecular weight is 605 g/mol. The lowest BCUT2D eigenvalue weighted by atomic mass is 10.1. The Balaban J connectivity index is 1.20. The van der Waals surface area contributed by atoms with E-state index in [4.69, 9.17) is 4.98 Å². The molecule has 1 aromatic carbocycles. The van der Waals surface area contributed by atoms with Gasteiger partial charge in [-0.2, -0.15) is 5.10 Å². The van der Waals surface area contributed by atoms with Crippen molar-refractivity contribution in [1.82, 2.24) is 40.0 Å². The number of amides is 1. The lowest BCUT2D eigenvalue weighted by molar-refractivity contribution is -0.119. The van der Waals surface area contributed by atoms with Gasteiger partial charge in [0.15, 0.2) is 5.82 Å². The van der Waals surface area contributed by atoms with Crippen LogP contribution < -0.4 is 10.6 Å². The van der Waals surface area contributed by atoms with Gasteiger partial charge in [-0.3, -0.25) is 24.8 Å². The Kier molecular flexibility index (Phi) is 7.64. The Hall–Kier alpha value is -5.23. The van der Waals surface area contributed by atoms with Crippen LogP contribution in [-0.2, 0) is 4.79 Å². The van der Waals surface area contributed by atoms with Gasteiger partial charge in [-0.15, -0.1) is 0 Å². The molecule has 5 heterocycles. The Morgan fingerprint density at radius 1 is 0.978 bits per heavy atom. The molecule has 0 unspecified atom stereocenters. The SMILES string of the molecule is CN(C)CCNc1cc(F)cc(-c2nccc3[nH]c(-c4n[nH]c5cnc(-c6cncc(NC(=O)C7CCCC7)c6)cc45)nc23)c1. The largest absolute Gasteiger partial charge is 0.384 e. The molecule has 1 fully saturated rings. The molecule has 11 nitrogen and oxygen atoms in total. The molecule has 1 saturated carbocycles. The number of carbonyl (C=O) groups excluding carboxylic acids is 1. The molecule has 45 heavy (non-hydrogen) atoms. The van der Waals surface area contributed by atoms with E-state index in [0.717, 1.165) is 54.2 Å². The van der Waals surface area contributed by atoms with E-state index in [1.54, 1.807) is 24.8 Å². The van der Waals surface area contributed by atoms with Crippen LogP contribution in [0.1, 0.15) is 25.7 Å². The second-order valence-corrected chi connectivity index (χ2v) is 11.7. The van der Waals surface area contributed by atoms with Crippen molar-refractivity contribution in [2.24, 2.45) is 5.92 Å². The van der Waals surface area contributed by atoms with Crippen molar-refractivity contribution in [3.05, 3.63) is 67.0 Å². The maximum absolute atomic E-state index is 14.7. The third kappa shape index (κ3) is 5.96. The number of halogens is 1. The summed E-state index contributed by atoms with van der Waals surface area (Å²) in [7, 11) is 3.98. The van der Waals surface area contributed by atoms with Gasteiger partial charge >= 0.3 is 0 Å². The quantitative estimate of drug-likeness (QED) is 0.161. The first-order chi connectivity index (χ1) is 21.9. The molecule has 5 aromatic heterocycles. The van der Waals surface area contributed by atoms with Crippen molar-refractivity contribution in [3.8, 4) is 34.0 Å². The summed E-state index contributed by atoms with van der Waals surface area (Å²) in [6.07, 6.45) is 10.8. The summed E-state index contributed by atoms with van der Waals surface area (Å²) in [6.45, 7) is 1.49. The number of nitrogens with one attached hydrogen (secondary N) is 4. The van der Waals surface area contributed by atoms with Gasteiger partial charge in [0.1, 0.15) is 17.0 Å². The highest BCUT2D eigenvalue weighted by atomic mass is 19.1. The molecular weight excluding hydrogens is 571 g/mol. The minimum atomic E-state index is -0.357. The van der Waals surface area contributed by atoms with Gasteiger partial charge in [-0.1, -0.05) is 12.8 Å². The average Bonchev–Trinajstić information content (AvgIpc) is 3.80. The van der Waals surface area contributed by atoms with Crippen molar-refractivity contribution in [2.75, 3.05) is 37.8 Å². The highest BCUT2D eigenvalue weighted by Crippen LogP contribution is 2.33. The van der Waals surface area contributed by atoms with E-state index in [9.17, 15) is 9.18 Å². The number of carbonyl (C=O) groups is 1. The third-order valence-electron chi connectivity index (χ3n) is 8.16. The fraction of sp³-hybridized carbons (Fsp3) is 0.273. The number of rotatable bonds is 9.